The fourth-order valence-electron chi connectivity index (χ4n) is 1.89. The number of carbonyl (C=O) groups is 2. The zero-order valence-electron chi connectivity index (χ0n) is 11.1. The highest BCUT2D eigenvalue weighted by Crippen LogP contribution is 2.18. The van der Waals surface area contributed by atoms with Crippen molar-refractivity contribution in [3.63, 3.8) is 0 Å². The first-order chi connectivity index (χ1) is 9.97. The fraction of sp³-hybridized carbons (Fsp3) is 0.0667. The van der Waals surface area contributed by atoms with Gasteiger partial charge in [-0.15, -0.1) is 0 Å². The first kappa shape index (κ1) is 14.5. The van der Waals surface area contributed by atoms with E-state index in [0.717, 1.165) is 6.07 Å². The number of nitrogen functional groups attached to an aromatic ring is 1. The zero-order chi connectivity index (χ0) is 15.4. The Hall–Kier alpha value is -2.89. The average molecular weight is 287 g/mol. The largest absolute Gasteiger partial charge is 0.399 e. The molecule has 0 spiro atoms. The summed E-state index contributed by atoms with van der Waals surface area (Å²) < 4.78 is 13.7. The van der Waals surface area contributed by atoms with Gasteiger partial charge in [-0.1, -0.05) is 18.2 Å². The highest BCUT2D eigenvalue weighted by atomic mass is 19.1. The lowest BCUT2D eigenvalue weighted by molar-refractivity contribution is -0.117. The maximum atomic E-state index is 13.7. The molecule has 0 unspecified atom stereocenters. The number of nitrogens with two attached hydrogens (primary N) is 2. The second-order valence-corrected chi connectivity index (χ2v) is 4.49. The van der Waals surface area contributed by atoms with Crippen LogP contribution in [0.4, 0.5) is 15.8 Å². The number of primary amides is 1. The molecule has 0 fully saturated rings. The second-order valence-electron chi connectivity index (χ2n) is 4.49. The van der Waals surface area contributed by atoms with Crippen LogP contribution < -0.4 is 16.8 Å². The minimum Gasteiger partial charge on any atom is -0.399 e. The maximum Gasteiger partial charge on any atom is 0.258 e. The van der Waals surface area contributed by atoms with Crippen molar-refractivity contribution in [1.29, 1.82) is 0 Å². The average Bonchev–Trinajstić information content (AvgIpc) is 2.40. The number of amides is 2. The molecule has 0 aliphatic rings. The molecule has 0 heterocycles. The third-order valence-corrected chi connectivity index (χ3v) is 2.87. The lowest BCUT2D eigenvalue weighted by Crippen LogP contribution is -2.18. The van der Waals surface area contributed by atoms with Crippen LogP contribution in [0.1, 0.15) is 15.9 Å². The number of nitrogens with one attached hydrogen (secondary N) is 1. The second kappa shape index (κ2) is 6.04. The zero-order valence-corrected chi connectivity index (χ0v) is 11.1. The van der Waals surface area contributed by atoms with Crippen LogP contribution in [0.5, 0.6) is 0 Å². The van der Waals surface area contributed by atoms with Crippen LogP contribution in [0.25, 0.3) is 0 Å². The summed E-state index contributed by atoms with van der Waals surface area (Å²) in [5, 5.41) is 2.56. The molecule has 21 heavy (non-hydrogen) atoms. The van der Waals surface area contributed by atoms with Crippen LogP contribution in [0.2, 0.25) is 0 Å². The number of halogens is 1. The van der Waals surface area contributed by atoms with Gasteiger partial charge in [0.25, 0.3) is 5.91 Å². The van der Waals surface area contributed by atoms with Gasteiger partial charge in [-0.25, -0.2) is 4.39 Å². The third kappa shape index (κ3) is 3.56. The molecule has 2 rings (SSSR count). The number of hydrogen-bond acceptors (Lipinski definition) is 3. The standard InChI is InChI=1S/C15H14FN3O2/c16-12-8-10(17)5-6-11(12)15(21)19-13-4-2-1-3-9(13)7-14(18)20/h1-6,8H,7,17H2,(H2,18,20)(H,19,21). The van der Waals surface area contributed by atoms with E-state index in [1.165, 1.54) is 12.1 Å². The molecule has 0 bridgehead atoms. The van der Waals surface area contributed by atoms with E-state index in [2.05, 4.69) is 5.32 Å². The topological polar surface area (TPSA) is 98.2 Å². The minimum absolute atomic E-state index is 0.0132. The van der Waals surface area contributed by atoms with E-state index in [0.29, 0.717) is 11.3 Å². The molecule has 5 nitrogen and oxygen atoms in total. The van der Waals surface area contributed by atoms with E-state index in [1.807, 2.05) is 0 Å². The first-order valence-corrected chi connectivity index (χ1v) is 6.20. The van der Waals surface area contributed by atoms with Gasteiger partial charge in [-0.05, 0) is 29.8 Å². The van der Waals surface area contributed by atoms with Crippen molar-refractivity contribution in [2.24, 2.45) is 5.73 Å². The van der Waals surface area contributed by atoms with Gasteiger partial charge in [-0.3, -0.25) is 9.59 Å². The molecule has 0 aromatic heterocycles. The highest BCUT2D eigenvalue weighted by Gasteiger charge is 2.14. The van der Waals surface area contributed by atoms with Crippen LogP contribution in [0.15, 0.2) is 42.5 Å². The van der Waals surface area contributed by atoms with E-state index >= 15 is 0 Å². The van der Waals surface area contributed by atoms with Crippen LogP contribution >= 0.6 is 0 Å². The normalized spacial score (nSPS) is 10.1. The SMILES string of the molecule is NC(=O)Cc1ccccc1NC(=O)c1ccc(N)cc1F. The van der Waals surface area contributed by atoms with E-state index in [9.17, 15) is 14.0 Å². The number of carbonyl (C=O) groups excluding carboxylic acids is 2. The van der Waals surface area contributed by atoms with Gasteiger partial charge in [0.05, 0.1) is 12.0 Å². The molecule has 0 atom stereocenters. The van der Waals surface area contributed by atoms with Crippen molar-refractivity contribution in [3.05, 3.63) is 59.4 Å². The smallest absolute Gasteiger partial charge is 0.258 e. The Morgan fingerprint density at radius 3 is 2.52 bits per heavy atom. The summed E-state index contributed by atoms with van der Waals surface area (Å²) in [4.78, 5) is 23.1. The van der Waals surface area contributed by atoms with Crippen molar-refractivity contribution in [1.82, 2.24) is 0 Å². The van der Waals surface area contributed by atoms with Gasteiger partial charge in [0.15, 0.2) is 0 Å². The number of para-hydroxylation sites is 1. The minimum atomic E-state index is -0.708. The van der Waals surface area contributed by atoms with Crippen LogP contribution in [0, 0.1) is 5.82 Å². The van der Waals surface area contributed by atoms with E-state index in [-0.39, 0.29) is 17.7 Å². The number of benzene rings is 2. The predicted molar refractivity (Wildman–Crippen MR) is 78.1 cm³/mol. The Morgan fingerprint density at radius 1 is 1.14 bits per heavy atom. The molecule has 2 amide bonds. The predicted octanol–water partition coefficient (Wildman–Crippen LogP) is 1.69. The highest BCUT2D eigenvalue weighted by molar-refractivity contribution is 6.05. The van der Waals surface area contributed by atoms with Gasteiger partial charge in [-0.2, -0.15) is 0 Å². The monoisotopic (exact) mass is 287 g/mol. The van der Waals surface area contributed by atoms with Gasteiger partial charge in [0.1, 0.15) is 5.82 Å². The Morgan fingerprint density at radius 2 is 1.86 bits per heavy atom. The van der Waals surface area contributed by atoms with Crippen molar-refractivity contribution >= 4 is 23.2 Å². The summed E-state index contributed by atoms with van der Waals surface area (Å²) >= 11 is 0. The Kier molecular flexibility index (Phi) is 4.18. The fourth-order valence-corrected chi connectivity index (χ4v) is 1.89. The maximum absolute atomic E-state index is 13.7. The summed E-state index contributed by atoms with van der Waals surface area (Å²) in [6.45, 7) is 0. The Balaban J connectivity index is 2.25. The molecule has 0 saturated heterocycles. The molecule has 5 N–H and O–H groups in total. The molecule has 0 radical (unpaired) electrons. The summed E-state index contributed by atoms with van der Waals surface area (Å²) in [6, 6.07) is 10.5. The van der Waals surface area contributed by atoms with Gasteiger partial charge in [0, 0.05) is 11.4 Å². The quantitative estimate of drug-likeness (QED) is 0.746. The summed E-state index contributed by atoms with van der Waals surface area (Å²) in [5.41, 5.74) is 11.7. The first-order valence-electron chi connectivity index (χ1n) is 6.20. The molecule has 0 aliphatic carbocycles. The van der Waals surface area contributed by atoms with Crippen LogP contribution in [-0.2, 0) is 11.2 Å². The Bertz CT molecular complexity index is 701. The molecular formula is C15H14FN3O2. The lowest BCUT2D eigenvalue weighted by atomic mass is 10.1. The van der Waals surface area contributed by atoms with Crippen molar-refractivity contribution in [2.45, 2.75) is 6.42 Å². The number of rotatable bonds is 4. The van der Waals surface area contributed by atoms with Crippen LogP contribution in [0.3, 0.4) is 0 Å². The molecule has 0 aliphatic heterocycles. The van der Waals surface area contributed by atoms with Crippen molar-refractivity contribution in [3.8, 4) is 0 Å². The molecule has 2 aromatic rings. The number of hydrogen-bond donors (Lipinski definition) is 3. The summed E-state index contributed by atoms with van der Waals surface area (Å²) in [5.74, 6) is -1.85. The van der Waals surface area contributed by atoms with Gasteiger partial charge in [0.2, 0.25) is 5.91 Å². The van der Waals surface area contributed by atoms with E-state index in [4.69, 9.17) is 11.5 Å². The molecule has 2 aromatic carbocycles. The third-order valence-electron chi connectivity index (χ3n) is 2.87. The number of anilines is 2. The molecule has 0 saturated carbocycles. The molecular weight excluding hydrogens is 273 g/mol. The summed E-state index contributed by atoms with van der Waals surface area (Å²) in [7, 11) is 0. The molecule has 108 valence electrons. The van der Waals surface area contributed by atoms with E-state index in [1.54, 1.807) is 24.3 Å². The van der Waals surface area contributed by atoms with Gasteiger partial charge >= 0.3 is 0 Å². The van der Waals surface area contributed by atoms with Crippen molar-refractivity contribution < 1.29 is 14.0 Å². The Labute approximate surface area is 120 Å². The lowest BCUT2D eigenvalue weighted by Gasteiger charge is -2.10. The van der Waals surface area contributed by atoms with E-state index < -0.39 is 17.6 Å². The van der Waals surface area contributed by atoms with Gasteiger partial charge < -0.3 is 16.8 Å². The summed E-state index contributed by atoms with van der Waals surface area (Å²) in [6.07, 6.45) is -0.0132. The molecule has 6 heteroatoms. The van der Waals surface area contributed by atoms with Crippen LogP contribution in [-0.4, -0.2) is 11.8 Å². The van der Waals surface area contributed by atoms with Crippen molar-refractivity contribution in [2.75, 3.05) is 11.1 Å².